The van der Waals surface area contributed by atoms with Gasteiger partial charge in [-0.05, 0) is 42.4 Å². The Morgan fingerprint density at radius 3 is 2.58 bits per heavy atom. The molecule has 1 aliphatic rings. The zero-order chi connectivity index (χ0) is 16.8. The van der Waals surface area contributed by atoms with E-state index in [-0.39, 0.29) is 6.04 Å². The second-order valence-corrected chi connectivity index (χ2v) is 6.71. The molecule has 3 atom stereocenters. The van der Waals surface area contributed by atoms with Crippen LogP contribution in [0.4, 0.5) is 0 Å². The molecule has 3 nitrogen and oxygen atoms in total. The third kappa shape index (κ3) is 4.44. The molecule has 2 aromatic rings. The van der Waals surface area contributed by atoms with Gasteiger partial charge in [0.2, 0.25) is 0 Å². The number of hydrogen-bond donors (Lipinski definition) is 2. The average Bonchev–Trinajstić information content (AvgIpc) is 3.12. The number of rotatable bonds is 7. The van der Waals surface area contributed by atoms with Crippen LogP contribution in [0.3, 0.4) is 0 Å². The summed E-state index contributed by atoms with van der Waals surface area (Å²) in [7, 11) is 0. The Kier molecular flexibility index (Phi) is 6.02. The van der Waals surface area contributed by atoms with Crippen molar-refractivity contribution < 1.29 is 9.84 Å². The van der Waals surface area contributed by atoms with E-state index >= 15 is 0 Å². The lowest BCUT2D eigenvalue weighted by molar-refractivity contribution is 0.162. The molecule has 3 unspecified atom stereocenters. The Morgan fingerprint density at radius 2 is 1.88 bits per heavy atom. The molecule has 128 valence electrons. The summed E-state index contributed by atoms with van der Waals surface area (Å²) in [6, 6.07) is 18.8. The third-order valence-electron chi connectivity index (χ3n) is 4.90. The van der Waals surface area contributed by atoms with Crippen LogP contribution in [-0.4, -0.2) is 24.9 Å². The standard InChI is InChI=1S/C21H27NO2/c1-16-7-5-6-10-19(16)21(23)14-22-20(13-17-11-12-24-15-17)18-8-3-2-4-9-18/h2-10,17,20-23H,11-15H2,1H3. The zero-order valence-corrected chi connectivity index (χ0v) is 14.3. The van der Waals surface area contributed by atoms with Crippen molar-refractivity contribution >= 4 is 0 Å². The summed E-state index contributed by atoms with van der Waals surface area (Å²) in [5, 5.41) is 14.2. The van der Waals surface area contributed by atoms with Crippen molar-refractivity contribution in [2.24, 2.45) is 5.92 Å². The molecule has 1 aliphatic heterocycles. The van der Waals surface area contributed by atoms with E-state index in [4.69, 9.17) is 4.74 Å². The van der Waals surface area contributed by atoms with Gasteiger partial charge in [0, 0.05) is 25.8 Å². The number of ether oxygens (including phenoxy) is 1. The number of aliphatic hydroxyl groups is 1. The first-order valence-electron chi connectivity index (χ1n) is 8.83. The van der Waals surface area contributed by atoms with Gasteiger partial charge in [0.25, 0.3) is 0 Å². The van der Waals surface area contributed by atoms with Gasteiger partial charge < -0.3 is 15.2 Å². The van der Waals surface area contributed by atoms with Crippen LogP contribution in [0, 0.1) is 12.8 Å². The Hall–Kier alpha value is -1.68. The highest BCUT2D eigenvalue weighted by atomic mass is 16.5. The molecule has 0 radical (unpaired) electrons. The molecule has 3 rings (SSSR count). The number of aryl methyl sites for hydroxylation is 1. The predicted molar refractivity (Wildman–Crippen MR) is 96.9 cm³/mol. The van der Waals surface area contributed by atoms with Crippen molar-refractivity contribution in [1.29, 1.82) is 0 Å². The van der Waals surface area contributed by atoms with Gasteiger partial charge in [-0.15, -0.1) is 0 Å². The van der Waals surface area contributed by atoms with Gasteiger partial charge in [0.1, 0.15) is 0 Å². The van der Waals surface area contributed by atoms with E-state index in [0.717, 1.165) is 37.2 Å². The van der Waals surface area contributed by atoms with Crippen molar-refractivity contribution in [1.82, 2.24) is 5.32 Å². The molecule has 0 bridgehead atoms. The van der Waals surface area contributed by atoms with Gasteiger partial charge in [-0.25, -0.2) is 0 Å². The van der Waals surface area contributed by atoms with Crippen LogP contribution < -0.4 is 5.32 Å². The van der Waals surface area contributed by atoms with Crippen LogP contribution in [0.25, 0.3) is 0 Å². The first-order valence-corrected chi connectivity index (χ1v) is 8.83. The smallest absolute Gasteiger partial charge is 0.0917 e. The van der Waals surface area contributed by atoms with Gasteiger partial charge in [0.15, 0.2) is 0 Å². The normalized spacial score (nSPS) is 20.0. The lowest BCUT2D eigenvalue weighted by Gasteiger charge is -2.24. The van der Waals surface area contributed by atoms with E-state index in [1.54, 1.807) is 0 Å². The first kappa shape index (κ1) is 17.2. The molecular weight excluding hydrogens is 298 g/mol. The minimum absolute atomic E-state index is 0.247. The molecule has 0 saturated carbocycles. The van der Waals surface area contributed by atoms with Crippen LogP contribution >= 0.6 is 0 Å². The fourth-order valence-electron chi connectivity index (χ4n) is 3.45. The van der Waals surface area contributed by atoms with Crippen molar-refractivity contribution in [3.8, 4) is 0 Å². The lowest BCUT2D eigenvalue weighted by atomic mass is 9.93. The highest BCUT2D eigenvalue weighted by molar-refractivity contribution is 5.28. The van der Waals surface area contributed by atoms with Crippen molar-refractivity contribution in [2.75, 3.05) is 19.8 Å². The molecule has 2 aromatic carbocycles. The molecular formula is C21H27NO2. The van der Waals surface area contributed by atoms with Crippen LogP contribution in [0.5, 0.6) is 0 Å². The van der Waals surface area contributed by atoms with Crippen LogP contribution in [-0.2, 0) is 4.74 Å². The number of nitrogens with one attached hydrogen (secondary N) is 1. The molecule has 0 aromatic heterocycles. The molecule has 24 heavy (non-hydrogen) atoms. The van der Waals surface area contributed by atoms with Crippen molar-refractivity contribution in [2.45, 2.75) is 31.9 Å². The van der Waals surface area contributed by atoms with E-state index < -0.39 is 6.10 Å². The maximum absolute atomic E-state index is 10.6. The maximum Gasteiger partial charge on any atom is 0.0917 e. The van der Waals surface area contributed by atoms with Gasteiger partial charge in [-0.2, -0.15) is 0 Å². The summed E-state index contributed by atoms with van der Waals surface area (Å²) in [6.45, 7) is 4.32. The second kappa shape index (κ2) is 8.43. The Morgan fingerprint density at radius 1 is 1.12 bits per heavy atom. The summed E-state index contributed by atoms with van der Waals surface area (Å²) in [4.78, 5) is 0. The molecule has 3 heteroatoms. The maximum atomic E-state index is 10.6. The van der Waals surface area contributed by atoms with E-state index in [0.29, 0.717) is 12.5 Å². The van der Waals surface area contributed by atoms with Crippen LogP contribution in [0.2, 0.25) is 0 Å². The number of aliphatic hydroxyl groups excluding tert-OH is 1. The first-order chi connectivity index (χ1) is 11.7. The number of hydrogen-bond acceptors (Lipinski definition) is 3. The Balaban J connectivity index is 1.66. The molecule has 1 fully saturated rings. The Labute approximate surface area is 144 Å². The summed E-state index contributed by atoms with van der Waals surface area (Å²) in [6.07, 6.45) is 1.69. The lowest BCUT2D eigenvalue weighted by Crippen LogP contribution is -2.28. The quantitative estimate of drug-likeness (QED) is 0.814. The fraction of sp³-hybridized carbons (Fsp3) is 0.429. The minimum atomic E-state index is -0.489. The molecule has 1 saturated heterocycles. The van der Waals surface area contributed by atoms with E-state index in [1.165, 1.54) is 5.56 Å². The molecule has 2 N–H and O–H groups in total. The highest BCUT2D eigenvalue weighted by Gasteiger charge is 2.22. The van der Waals surface area contributed by atoms with Gasteiger partial charge in [0.05, 0.1) is 6.10 Å². The van der Waals surface area contributed by atoms with Crippen LogP contribution in [0.15, 0.2) is 54.6 Å². The SMILES string of the molecule is Cc1ccccc1C(O)CNC(CC1CCOC1)c1ccccc1. The minimum Gasteiger partial charge on any atom is -0.387 e. The Bertz CT molecular complexity index is 623. The van der Waals surface area contributed by atoms with Crippen molar-refractivity contribution in [3.05, 3.63) is 71.3 Å². The largest absolute Gasteiger partial charge is 0.387 e. The highest BCUT2D eigenvalue weighted by Crippen LogP contribution is 2.27. The predicted octanol–water partition coefficient (Wildman–Crippen LogP) is 3.79. The van der Waals surface area contributed by atoms with Gasteiger partial charge in [-0.1, -0.05) is 54.6 Å². The molecule has 0 spiro atoms. The molecule has 0 aliphatic carbocycles. The summed E-state index contributed by atoms with van der Waals surface area (Å²) in [5.74, 6) is 0.596. The monoisotopic (exact) mass is 325 g/mol. The van der Waals surface area contributed by atoms with Crippen molar-refractivity contribution in [3.63, 3.8) is 0 Å². The van der Waals surface area contributed by atoms with E-state index in [1.807, 2.05) is 37.3 Å². The summed E-state index contributed by atoms with van der Waals surface area (Å²) >= 11 is 0. The topological polar surface area (TPSA) is 41.5 Å². The average molecular weight is 325 g/mol. The van der Waals surface area contributed by atoms with E-state index in [9.17, 15) is 5.11 Å². The second-order valence-electron chi connectivity index (χ2n) is 6.71. The number of benzene rings is 2. The van der Waals surface area contributed by atoms with Gasteiger partial charge in [-0.3, -0.25) is 0 Å². The van der Waals surface area contributed by atoms with E-state index in [2.05, 4.69) is 29.6 Å². The van der Waals surface area contributed by atoms with Gasteiger partial charge >= 0.3 is 0 Å². The molecule has 1 heterocycles. The third-order valence-corrected chi connectivity index (χ3v) is 4.90. The molecule has 0 amide bonds. The fourth-order valence-corrected chi connectivity index (χ4v) is 3.45. The van der Waals surface area contributed by atoms with Crippen LogP contribution in [0.1, 0.15) is 41.7 Å². The zero-order valence-electron chi connectivity index (χ0n) is 14.3. The summed E-state index contributed by atoms with van der Waals surface area (Å²) in [5.41, 5.74) is 3.41. The summed E-state index contributed by atoms with van der Waals surface area (Å²) < 4.78 is 5.53.